The molecule has 0 heterocycles. The smallest absolute Gasteiger partial charge is 0.317 e. The normalized spacial score (nSPS) is 21.5. The Morgan fingerprint density at radius 1 is 1.43 bits per heavy atom. The molecule has 21 heavy (non-hydrogen) atoms. The first kappa shape index (κ1) is 15.6. The Balaban J connectivity index is 1.82. The third-order valence-corrected chi connectivity index (χ3v) is 3.97. The lowest BCUT2D eigenvalue weighted by atomic mass is 10.1. The van der Waals surface area contributed by atoms with E-state index in [1.54, 1.807) is 14.0 Å². The number of hydrogen-bond acceptors (Lipinski definition) is 2. The zero-order valence-electron chi connectivity index (χ0n) is 12.0. The fraction of sp³-hybridized carbons (Fsp3) is 0.467. The summed E-state index contributed by atoms with van der Waals surface area (Å²) in [7, 11) is 1.61. The number of carboxylic acid groups (broad SMARTS) is 1. The predicted octanol–water partition coefficient (Wildman–Crippen LogP) is 2.56. The number of urea groups is 1. The molecule has 1 aliphatic rings. The van der Waals surface area contributed by atoms with E-state index in [-0.39, 0.29) is 18.6 Å². The van der Waals surface area contributed by atoms with E-state index >= 15 is 0 Å². The largest absolute Gasteiger partial charge is 0.481 e. The maximum atomic E-state index is 12.0. The average molecular weight is 311 g/mol. The van der Waals surface area contributed by atoms with E-state index < -0.39 is 11.9 Å². The summed E-state index contributed by atoms with van der Waals surface area (Å²) in [6.07, 6.45) is 0.899. The van der Waals surface area contributed by atoms with Crippen molar-refractivity contribution < 1.29 is 14.7 Å². The Hall–Kier alpha value is -1.75. The quantitative estimate of drug-likeness (QED) is 0.878. The number of amides is 2. The second kappa shape index (κ2) is 6.35. The lowest BCUT2D eigenvalue weighted by molar-refractivity contribution is -0.141. The second-order valence-electron chi connectivity index (χ2n) is 5.57. The maximum Gasteiger partial charge on any atom is 0.317 e. The number of aliphatic carboxylic acids is 1. The van der Waals surface area contributed by atoms with E-state index in [4.69, 9.17) is 16.7 Å². The summed E-state index contributed by atoms with van der Waals surface area (Å²) in [5.74, 6) is -1.16. The van der Waals surface area contributed by atoms with Crippen LogP contribution in [0.5, 0.6) is 0 Å². The van der Waals surface area contributed by atoms with Gasteiger partial charge in [-0.3, -0.25) is 4.79 Å². The van der Waals surface area contributed by atoms with Crippen LogP contribution >= 0.6 is 11.6 Å². The molecule has 5 nitrogen and oxygen atoms in total. The first-order chi connectivity index (χ1) is 9.88. The first-order valence-corrected chi connectivity index (χ1v) is 7.26. The predicted molar refractivity (Wildman–Crippen MR) is 80.6 cm³/mol. The van der Waals surface area contributed by atoms with Gasteiger partial charge in [0.15, 0.2) is 0 Å². The molecule has 1 aliphatic carbocycles. The molecule has 1 fully saturated rings. The van der Waals surface area contributed by atoms with Gasteiger partial charge < -0.3 is 15.3 Å². The maximum absolute atomic E-state index is 12.0. The van der Waals surface area contributed by atoms with Crippen molar-refractivity contribution >= 4 is 23.6 Å². The van der Waals surface area contributed by atoms with Crippen molar-refractivity contribution in [2.24, 2.45) is 5.92 Å². The van der Waals surface area contributed by atoms with Crippen molar-refractivity contribution in [3.63, 3.8) is 0 Å². The van der Waals surface area contributed by atoms with Gasteiger partial charge in [-0.25, -0.2) is 4.79 Å². The highest BCUT2D eigenvalue weighted by atomic mass is 35.5. The summed E-state index contributed by atoms with van der Waals surface area (Å²) < 4.78 is 0. The zero-order valence-corrected chi connectivity index (χ0v) is 12.8. The number of benzene rings is 1. The van der Waals surface area contributed by atoms with Gasteiger partial charge in [-0.2, -0.15) is 0 Å². The summed E-state index contributed by atoms with van der Waals surface area (Å²) in [5.41, 5.74) is 1.16. The second-order valence-corrected chi connectivity index (χ2v) is 6.01. The van der Waals surface area contributed by atoms with Gasteiger partial charge in [0.05, 0.1) is 5.92 Å². The van der Waals surface area contributed by atoms with Gasteiger partial charge in [-0.15, -0.1) is 0 Å². The molecule has 0 aromatic heterocycles. The number of nitrogens with one attached hydrogen (secondary N) is 1. The van der Waals surface area contributed by atoms with E-state index in [2.05, 4.69) is 5.32 Å². The van der Waals surface area contributed by atoms with Crippen LogP contribution in [0.2, 0.25) is 5.02 Å². The van der Waals surface area contributed by atoms with Crippen LogP contribution in [0.15, 0.2) is 24.3 Å². The van der Waals surface area contributed by atoms with E-state index in [0.29, 0.717) is 10.9 Å². The SMILES string of the molecule is CC(CN(C)C(=O)N[C@@H]1C[C@H]1c1ccc(Cl)cc1)C(=O)O. The minimum atomic E-state index is -0.903. The molecule has 0 spiro atoms. The Morgan fingerprint density at radius 3 is 2.62 bits per heavy atom. The molecule has 114 valence electrons. The van der Waals surface area contributed by atoms with Crippen LogP contribution in [-0.2, 0) is 4.79 Å². The molecule has 1 aromatic rings. The summed E-state index contributed by atoms with van der Waals surface area (Å²) in [6, 6.07) is 7.50. The molecule has 1 saturated carbocycles. The lowest BCUT2D eigenvalue weighted by Gasteiger charge is -2.20. The molecule has 6 heteroatoms. The number of carbonyl (C=O) groups excluding carboxylic acids is 1. The topological polar surface area (TPSA) is 69.6 Å². The van der Waals surface area contributed by atoms with Crippen molar-refractivity contribution in [1.82, 2.24) is 10.2 Å². The van der Waals surface area contributed by atoms with Gasteiger partial charge >= 0.3 is 12.0 Å². The minimum absolute atomic E-state index is 0.112. The number of carboxylic acids is 1. The summed E-state index contributed by atoms with van der Waals surface area (Å²) in [4.78, 5) is 24.2. The van der Waals surface area contributed by atoms with E-state index in [9.17, 15) is 9.59 Å². The minimum Gasteiger partial charge on any atom is -0.481 e. The fourth-order valence-electron chi connectivity index (χ4n) is 2.27. The zero-order chi connectivity index (χ0) is 15.6. The third-order valence-electron chi connectivity index (χ3n) is 3.71. The average Bonchev–Trinajstić information content (AvgIpc) is 3.18. The van der Waals surface area contributed by atoms with Crippen molar-refractivity contribution in [2.45, 2.75) is 25.3 Å². The number of nitrogens with zero attached hydrogens (tertiary/aromatic N) is 1. The van der Waals surface area contributed by atoms with Crippen molar-refractivity contribution in [3.8, 4) is 0 Å². The summed E-state index contributed by atoms with van der Waals surface area (Å²) in [5, 5.41) is 12.5. The first-order valence-electron chi connectivity index (χ1n) is 6.88. The fourth-order valence-corrected chi connectivity index (χ4v) is 2.40. The Labute approximate surface area is 128 Å². The van der Waals surface area contributed by atoms with Crippen LogP contribution in [-0.4, -0.2) is 41.6 Å². The highest BCUT2D eigenvalue weighted by Gasteiger charge is 2.40. The van der Waals surface area contributed by atoms with Gasteiger partial charge in [-0.1, -0.05) is 30.7 Å². The molecule has 2 amide bonds. The standard InChI is InChI=1S/C15H19ClN2O3/c1-9(14(19)20)8-18(2)15(21)17-13-7-12(13)10-3-5-11(16)6-4-10/h3-6,9,12-13H,7-8H2,1-2H3,(H,17,21)(H,19,20)/t9?,12-,13+/m0/s1. The van der Waals surface area contributed by atoms with Crippen LogP contribution in [0.3, 0.4) is 0 Å². The Morgan fingerprint density at radius 2 is 2.05 bits per heavy atom. The van der Waals surface area contributed by atoms with Gasteiger partial charge in [0.25, 0.3) is 0 Å². The molecule has 1 unspecified atom stereocenters. The van der Waals surface area contributed by atoms with Crippen LogP contribution in [0.25, 0.3) is 0 Å². The Bertz CT molecular complexity index is 532. The monoisotopic (exact) mass is 310 g/mol. The van der Waals surface area contributed by atoms with Crippen molar-refractivity contribution in [2.75, 3.05) is 13.6 Å². The van der Waals surface area contributed by atoms with Crippen LogP contribution in [0.4, 0.5) is 4.79 Å². The molecular weight excluding hydrogens is 292 g/mol. The molecular formula is C15H19ClN2O3. The molecule has 1 aromatic carbocycles. The van der Waals surface area contributed by atoms with Crippen LogP contribution in [0.1, 0.15) is 24.8 Å². The van der Waals surface area contributed by atoms with Crippen molar-refractivity contribution in [3.05, 3.63) is 34.9 Å². The highest BCUT2D eigenvalue weighted by Crippen LogP contribution is 2.41. The summed E-state index contributed by atoms with van der Waals surface area (Å²) >= 11 is 5.85. The van der Waals surface area contributed by atoms with Crippen LogP contribution in [0, 0.1) is 5.92 Å². The van der Waals surface area contributed by atoms with E-state index in [0.717, 1.165) is 12.0 Å². The van der Waals surface area contributed by atoms with Gasteiger partial charge in [0.1, 0.15) is 0 Å². The van der Waals surface area contributed by atoms with Crippen molar-refractivity contribution in [1.29, 1.82) is 0 Å². The molecule has 0 bridgehead atoms. The van der Waals surface area contributed by atoms with Crippen LogP contribution < -0.4 is 5.32 Å². The third kappa shape index (κ3) is 4.11. The van der Waals surface area contributed by atoms with E-state index in [1.165, 1.54) is 4.90 Å². The summed E-state index contributed by atoms with van der Waals surface area (Å²) in [6.45, 7) is 1.78. The van der Waals surface area contributed by atoms with Gasteiger partial charge in [0, 0.05) is 30.6 Å². The number of carbonyl (C=O) groups is 2. The van der Waals surface area contributed by atoms with Gasteiger partial charge in [-0.05, 0) is 24.1 Å². The number of hydrogen-bond donors (Lipinski definition) is 2. The molecule has 0 saturated heterocycles. The van der Waals surface area contributed by atoms with E-state index in [1.807, 2.05) is 24.3 Å². The number of halogens is 1. The molecule has 2 N–H and O–H groups in total. The molecule has 0 aliphatic heterocycles. The molecule has 2 rings (SSSR count). The number of rotatable bonds is 5. The Kier molecular flexibility index (Phi) is 4.73. The lowest BCUT2D eigenvalue weighted by Crippen LogP contribution is -2.42. The molecule has 0 radical (unpaired) electrons. The highest BCUT2D eigenvalue weighted by molar-refractivity contribution is 6.30. The molecule has 3 atom stereocenters. The van der Waals surface area contributed by atoms with Gasteiger partial charge in [0.2, 0.25) is 0 Å².